The molecule has 0 atom stereocenters. The van der Waals surface area contributed by atoms with Crippen molar-refractivity contribution >= 4 is 16.9 Å². The van der Waals surface area contributed by atoms with Gasteiger partial charge in [-0.3, -0.25) is 4.79 Å². The third kappa shape index (κ3) is 9.51. The van der Waals surface area contributed by atoms with Crippen LogP contribution in [0.2, 0.25) is 0 Å². The van der Waals surface area contributed by atoms with E-state index in [1.54, 1.807) is 13.0 Å². The number of thioether (sulfide) groups is 1. The fraction of sp³-hybridized carbons (Fsp3) is 0.750. The van der Waals surface area contributed by atoms with Gasteiger partial charge in [-0.15, -0.1) is 0 Å². The zero-order valence-corrected chi connectivity index (χ0v) is 7.78. The first-order chi connectivity index (χ1) is 5.20. The molecule has 62 valence electrons. The van der Waals surface area contributed by atoms with E-state index in [9.17, 15) is 4.79 Å². The molecule has 1 rings (SSSR count). The van der Waals surface area contributed by atoms with Gasteiger partial charge in [-0.1, -0.05) is 11.8 Å². The normalized spacial score (nSPS) is 14.3. The predicted molar refractivity (Wildman–Crippen MR) is 47.2 cm³/mol. The van der Waals surface area contributed by atoms with Crippen molar-refractivity contribution in [3.05, 3.63) is 0 Å². The van der Waals surface area contributed by atoms with E-state index in [2.05, 4.69) is 0 Å². The molecule has 0 amide bonds. The first-order valence-electron chi connectivity index (χ1n) is 3.65. The van der Waals surface area contributed by atoms with Crippen LogP contribution < -0.4 is 0 Å². The molecule has 1 aliphatic rings. The molecule has 0 radical (unpaired) electrons. The largest absolute Gasteiger partial charge is 0.288 e. The van der Waals surface area contributed by atoms with E-state index in [4.69, 9.17) is 5.26 Å². The zero-order chi connectivity index (χ0) is 8.69. The monoisotopic (exact) mass is 171 g/mol. The molecule has 0 bridgehead atoms. The maximum atomic E-state index is 10.3. The smallest absolute Gasteiger partial charge is 0.185 e. The Morgan fingerprint density at radius 2 is 2.18 bits per heavy atom. The summed E-state index contributed by atoms with van der Waals surface area (Å²) >= 11 is 1.46. The van der Waals surface area contributed by atoms with Crippen LogP contribution in [0.1, 0.15) is 26.7 Å². The Balaban J connectivity index is 0.000000292. The molecule has 2 nitrogen and oxygen atoms in total. The van der Waals surface area contributed by atoms with Crippen LogP contribution in [-0.2, 0) is 4.79 Å². The van der Waals surface area contributed by atoms with E-state index in [1.807, 2.05) is 0 Å². The molecule has 11 heavy (non-hydrogen) atoms. The number of hydrogen-bond acceptors (Lipinski definition) is 3. The third-order valence-corrected chi connectivity index (χ3v) is 2.26. The van der Waals surface area contributed by atoms with E-state index < -0.39 is 0 Å². The average Bonchev–Trinajstić information content (AvgIpc) is 2.67. The van der Waals surface area contributed by atoms with E-state index in [0.717, 1.165) is 11.7 Å². The topological polar surface area (TPSA) is 40.9 Å². The van der Waals surface area contributed by atoms with Gasteiger partial charge >= 0.3 is 0 Å². The van der Waals surface area contributed by atoms with Gasteiger partial charge in [0.05, 0.1) is 6.07 Å². The van der Waals surface area contributed by atoms with Gasteiger partial charge < -0.3 is 0 Å². The number of carbonyl (C=O) groups is 1. The molecule has 1 fully saturated rings. The summed E-state index contributed by atoms with van der Waals surface area (Å²) in [5.41, 5.74) is 0. The Morgan fingerprint density at radius 1 is 1.73 bits per heavy atom. The molecule has 0 aromatic heterocycles. The molecule has 3 heteroatoms. The molecule has 0 aliphatic heterocycles. The Kier molecular flexibility index (Phi) is 5.96. The Morgan fingerprint density at radius 3 is 2.45 bits per heavy atom. The van der Waals surface area contributed by atoms with E-state index >= 15 is 0 Å². The minimum Gasteiger partial charge on any atom is -0.288 e. The summed E-state index contributed by atoms with van der Waals surface area (Å²) in [5.74, 6) is 1.94. The van der Waals surface area contributed by atoms with Crippen molar-refractivity contribution in [2.75, 3.05) is 5.75 Å². The predicted octanol–water partition coefficient (Wildman–Crippen LogP) is 2.21. The SMILES string of the molecule is CC#N.CC(=O)SCC1CC1. The molecule has 0 saturated heterocycles. The second-order valence-electron chi connectivity index (χ2n) is 2.47. The van der Waals surface area contributed by atoms with Crippen LogP contribution in [0.25, 0.3) is 0 Å². The number of carbonyl (C=O) groups excluding carboxylic acids is 1. The van der Waals surface area contributed by atoms with Crippen molar-refractivity contribution in [3.63, 3.8) is 0 Å². The van der Waals surface area contributed by atoms with E-state index in [-0.39, 0.29) is 5.12 Å². The van der Waals surface area contributed by atoms with Crippen molar-refractivity contribution < 1.29 is 4.79 Å². The lowest BCUT2D eigenvalue weighted by atomic mass is 10.5. The molecule has 0 N–H and O–H groups in total. The summed E-state index contributed by atoms with van der Waals surface area (Å²) in [6.07, 6.45) is 2.70. The second-order valence-corrected chi connectivity index (χ2v) is 3.67. The number of hydrogen-bond donors (Lipinski definition) is 0. The van der Waals surface area contributed by atoms with Crippen LogP contribution in [0, 0.1) is 17.2 Å². The number of nitriles is 1. The van der Waals surface area contributed by atoms with Gasteiger partial charge in [0.15, 0.2) is 5.12 Å². The maximum absolute atomic E-state index is 10.3. The molecule has 0 spiro atoms. The quantitative estimate of drug-likeness (QED) is 0.639. The highest BCUT2D eigenvalue weighted by Gasteiger charge is 2.21. The van der Waals surface area contributed by atoms with Gasteiger partial charge in [0.1, 0.15) is 0 Å². The lowest BCUT2D eigenvalue weighted by molar-refractivity contribution is -0.109. The van der Waals surface area contributed by atoms with E-state index in [1.165, 1.54) is 31.5 Å². The molecule has 1 saturated carbocycles. The van der Waals surface area contributed by atoms with Crippen molar-refractivity contribution in [2.45, 2.75) is 26.7 Å². The van der Waals surface area contributed by atoms with E-state index in [0.29, 0.717) is 0 Å². The standard InChI is InChI=1S/C6H10OS.C2H3N/c1-5(7)8-4-6-2-3-6;1-2-3/h6H,2-4H2,1H3;1H3. The fourth-order valence-corrected chi connectivity index (χ4v) is 1.32. The minimum atomic E-state index is 0.261. The Bertz CT molecular complexity index is 158. The van der Waals surface area contributed by atoms with Gasteiger partial charge in [-0.25, -0.2) is 0 Å². The van der Waals surface area contributed by atoms with Crippen molar-refractivity contribution in [1.29, 1.82) is 5.26 Å². The second kappa shape index (κ2) is 6.23. The summed E-state index contributed by atoms with van der Waals surface area (Å²) in [7, 11) is 0. The van der Waals surface area contributed by atoms with Gasteiger partial charge in [0, 0.05) is 19.6 Å². The van der Waals surface area contributed by atoms with Crippen LogP contribution in [-0.4, -0.2) is 10.9 Å². The summed E-state index contributed by atoms with van der Waals surface area (Å²) in [5, 5.41) is 7.58. The van der Waals surface area contributed by atoms with Crippen molar-refractivity contribution in [1.82, 2.24) is 0 Å². The highest BCUT2D eigenvalue weighted by molar-refractivity contribution is 8.13. The van der Waals surface area contributed by atoms with Crippen LogP contribution in [0.3, 0.4) is 0 Å². The number of nitrogens with zero attached hydrogens (tertiary/aromatic N) is 1. The van der Waals surface area contributed by atoms with Gasteiger partial charge in [0.25, 0.3) is 0 Å². The minimum absolute atomic E-state index is 0.261. The lowest BCUT2D eigenvalue weighted by Gasteiger charge is -1.88. The zero-order valence-electron chi connectivity index (χ0n) is 6.96. The first kappa shape index (κ1) is 10.5. The maximum Gasteiger partial charge on any atom is 0.185 e. The molecule has 0 heterocycles. The Hall–Kier alpha value is -0.490. The molecule has 0 aromatic rings. The number of rotatable bonds is 2. The molecular formula is C8H13NOS. The molecule has 1 aliphatic carbocycles. The average molecular weight is 171 g/mol. The van der Waals surface area contributed by atoms with Crippen molar-refractivity contribution in [2.24, 2.45) is 5.92 Å². The fourth-order valence-electron chi connectivity index (χ4n) is 0.520. The summed E-state index contributed by atoms with van der Waals surface area (Å²) in [4.78, 5) is 10.3. The highest BCUT2D eigenvalue weighted by atomic mass is 32.2. The van der Waals surface area contributed by atoms with Gasteiger partial charge in [0.2, 0.25) is 0 Å². The van der Waals surface area contributed by atoms with Gasteiger partial charge in [-0.05, 0) is 18.8 Å². The van der Waals surface area contributed by atoms with Crippen molar-refractivity contribution in [3.8, 4) is 6.07 Å². The highest BCUT2D eigenvalue weighted by Crippen LogP contribution is 2.32. The summed E-state index contributed by atoms with van der Waals surface area (Å²) < 4.78 is 0. The Labute approximate surface area is 72.0 Å². The summed E-state index contributed by atoms with van der Waals surface area (Å²) in [6, 6.07) is 1.75. The summed E-state index contributed by atoms with van der Waals surface area (Å²) in [6.45, 7) is 3.06. The lowest BCUT2D eigenvalue weighted by Crippen LogP contribution is -1.86. The molecule has 0 aromatic carbocycles. The molecular weight excluding hydrogens is 158 g/mol. The molecule has 0 unspecified atom stereocenters. The third-order valence-electron chi connectivity index (χ3n) is 1.22. The first-order valence-corrected chi connectivity index (χ1v) is 4.63. The van der Waals surface area contributed by atoms with Crippen LogP contribution in [0.5, 0.6) is 0 Å². The van der Waals surface area contributed by atoms with Crippen LogP contribution in [0.4, 0.5) is 0 Å². The van der Waals surface area contributed by atoms with Crippen LogP contribution in [0.15, 0.2) is 0 Å². The van der Waals surface area contributed by atoms with Crippen LogP contribution >= 0.6 is 11.8 Å². The van der Waals surface area contributed by atoms with Gasteiger partial charge in [-0.2, -0.15) is 5.26 Å².